The van der Waals surface area contributed by atoms with Crippen LogP contribution in [0.2, 0.25) is 0 Å². The lowest BCUT2D eigenvalue weighted by Gasteiger charge is -2.55. The lowest BCUT2D eigenvalue weighted by atomic mass is 9.58. The fourth-order valence-electron chi connectivity index (χ4n) is 3.81. The molecule has 8 heteroatoms. The molecule has 1 heterocycles. The number of guanidine groups is 1. The molecule has 150 valence electrons. The van der Waals surface area contributed by atoms with E-state index in [1.807, 2.05) is 18.5 Å². The van der Waals surface area contributed by atoms with Crippen LogP contribution in [0.4, 0.5) is 0 Å². The van der Waals surface area contributed by atoms with Gasteiger partial charge in [-0.05, 0) is 40.0 Å². The maximum Gasteiger partial charge on any atom is 0.191 e. The summed E-state index contributed by atoms with van der Waals surface area (Å²) >= 11 is 0. The number of hydrogen-bond acceptors (Lipinski definition) is 4. The van der Waals surface area contributed by atoms with E-state index in [-0.39, 0.29) is 29.4 Å². The average molecular weight is 478 g/mol. The van der Waals surface area contributed by atoms with Crippen LogP contribution in [-0.2, 0) is 18.3 Å². The standard InChI is InChI=1S/C18H34N6O.HI/c1-7-18(8-2)14(11-15(18)25-10-4)21-17(19-9-3)20-12-16-23-22-13(5)24(16)6;/h14-15H,7-12H2,1-6H3,(H2,19,20,21);1H. The highest BCUT2D eigenvalue weighted by Gasteiger charge is 2.53. The first-order chi connectivity index (χ1) is 12.0. The second-order valence-electron chi connectivity index (χ2n) is 6.73. The van der Waals surface area contributed by atoms with Crippen molar-refractivity contribution >= 4 is 29.9 Å². The van der Waals surface area contributed by atoms with Gasteiger partial charge in [0.2, 0.25) is 0 Å². The van der Waals surface area contributed by atoms with E-state index in [0.29, 0.717) is 18.7 Å². The molecular weight excluding hydrogens is 443 g/mol. The molecule has 7 nitrogen and oxygen atoms in total. The molecule has 0 bridgehead atoms. The van der Waals surface area contributed by atoms with E-state index in [4.69, 9.17) is 9.73 Å². The lowest BCUT2D eigenvalue weighted by Crippen LogP contribution is -2.65. The van der Waals surface area contributed by atoms with Crippen molar-refractivity contribution in [2.75, 3.05) is 13.2 Å². The number of halogens is 1. The summed E-state index contributed by atoms with van der Waals surface area (Å²) in [7, 11) is 1.97. The van der Waals surface area contributed by atoms with Crippen molar-refractivity contribution in [2.24, 2.45) is 17.5 Å². The van der Waals surface area contributed by atoms with Crippen molar-refractivity contribution in [3.05, 3.63) is 11.6 Å². The number of aryl methyl sites for hydroxylation is 1. The van der Waals surface area contributed by atoms with Gasteiger partial charge in [0, 0.05) is 31.7 Å². The molecule has 1 fully saturated rings. The van der Waals surface area contributed by atoms with Crippen LogP contribution < -0.4 is 10.6 Å². The van der Waals surface area contributed by atoms with Crippen molar-refractivity contribution in [3.8, 4) is 0 Å². The van der Waals surface area contributed by atoms with Crippen LogP contribution >= 0.6 is 24.0 Å². The average Bonchev–Trinajstić information content (AvgIpc) is 2.91. The number of rotatable bonds is 8. The van der Waals surface area contributed by atoms with Gasteiger partial charge in [-0.25, -0.2) is 4.99 Å². The van der Waals surface area contributed by atoms with E-state index >= 15 is 0 Å². The van der Waals surface area contributed by atoms with Crippen LogP contribution in [0.1, 0.15) is 58.6 Å². The SMILES string of the molecule is CCNC(=NCc1nnc(C)n1C)NC1CC(OCC)C1(CC)CC.I. The Morgan fingerprint density at radius 1 is 1.27 bits per heavy atom. The highest BCUT2D eigenvalue weighted by atomic mass is 127. The van der Waals surface area contributed by atoms with Crippen LogP contribution in [0.15, 0.2) is 4.99 Å². The summed E-state index contributed by atoms with van der Waals surface area (Å²) < 4.78 is 7.95. The normalized spacial score (nSPS) is 21.7. The van der Waals surface area contributed by atoms with Crippen LogP contribution in [0.5, 0.6) is 0 Å². The second-order valence-corrected chi connectivity index (χ2v) is 6.73. The molecule has 0 aromatic carbocycles. The molecule has 0 amide bonds. The van der Waals surface area contributed by atoms with Gasteiger partial charge in [-0.1, -0.05) is 13.8 Å². The van der Waals surface area contributed by atoms with Crippen molar-refractivity contribution in [2.45, 2.75) is 72.6 Å². The summed E-state index contributed by atoms with van der Waals surface area (Å²) in [6.45, 7) is 12.7. The maximum atomic E-state index is 5.97. The zero-order valence-electron chi connectivity index (χ0n) is 17.0. The first-order valence-corrected chi connectivity index (χ1v) is 9.53. The van der Waals surface area contributed by atoms with Gasteiger partial charge < -0.3 is 19.9 Å². The quantitative estimate of drug-likeness (QED) is 0.342. The largest absolute Gasteiger partial charge is 0.378 e. The molecule has 2 rings (SSSR count). The van der Waals surface area contributed by atoms with Gasteiger partial charge in [-0.3, -0.25) is 0 Å². The monoisotopic (exact) mass is 478 g/mol. The highest BCUT2D eigenvalue weighted by molar-refractivity contribution is 14.0. The minimum atomic E-state index is 0. The number of nitrogens with one attached hydrogen (secondary N) is 2. The van der Waals surface area contributed by atoms with Crippen molar-refractivity contribution in [3.63, 3.8) is 0 Å². The first-order valence-electron chi connectivity index (χ1n) is 9.53. The third-order valence-electron chi connectivity index (χ3n) is 5.69. The minimum absolute atomic E-state index is 0. The van der Waals surface area contributed by atoms with Gasteiger partial charge in [0.25, 0.3) is 0 Å². The smallest absolute Gasteiger partial charge is 0.191 e. The van der Waals surface area contributed by atoms with E-state index in [0.717, 1.165) is 50.0 Å². The van der Waals surface area contributed by atoms with E-state index in [9.17, 15) is 0 Å². The number of ether oxygens (including phenoxy) is 1. The zero-order chi connectivity index (χ0) is 18.4. The van der Waals surface area contributed by atoms with Crippen molar-refractivity contribution in [1.82, 2.24) is 25.4 Å². The van der Waals surface area contributed by atoms with Crippen LogP contribution in [0, 0.1) is 12.3 Å². The van der Waals surface area contributed by atoms with Gasteiger partial charge in [-0.15, -0.1) is 34.2 Å². The van der Waals surface area contributed by atoms with Gasteiger partial charge in [0.05, 0.1) is 6.10 Å². The Balaban J connectivity index is 0.00000338. The second kappa shape index (κ2) is 10.4. The van der Waals surface area contributed by atoms with Crippen LogP contribution in [-0.4, -0.2) is 46.0 Å². The molecule has 0 aliphatic heterocycles. The molecule has 1 aromatic rings. The van der Waals surface area contributed by atoms with Gasteiger partial charge >= 0.3 is 0 Å². The summed E-state index contributed by atoms with van der Waals surface area (Å²) in [5, 5.41) is 15.3. The molecule has 2 N–H and O–H groups in total. The van der Waals surface area contributed by atoms with Gasteiger partial charge in [0.15, 0.2) is 11.8 Å². The summed E-state index contributed by atoms with van der Waals surface area (Å²) in [6.07, 6.45) is 3.58. The van der Waals surface area contributed by atoms with Crippen LogP contribution in [0.25, 0.3) is 0 Å². The molecule has 2 atom stereocenters. The molecule has 0 radical (unpaired) electrons. The third-order valence-corrected chi connectivity index (χ3v) is 5.69. The highest BCUT2D eigenvalue weighted by Crippen LogP contribution is 2.48. The topological polar surface area (TPSA) is 76.4 Å². The Hall–Kier alpha value is -0.900. The molecular formula is C18H35IN6O. The van der Waals surface area contributed by atoms with Gasteiger partial charge in [-0.2, -0.15) is 0 Å². The van der Waals surface area contributed by atoms with E-state index in [1.54, 1.807) is 0 Å². The summed E-state index contributed by atoms with van der Waals surface area (Å²) in [5.74, 6) is 2.61. The Kier molecular flexibility index (Phi) is 9.29. The summed E-state index contributed by atoms with van der Waals surface area (Å²) in [5.41, 5.74) is 0.188. The Labute approximate surface area is 174 Å². The number of aromatic nitrogens is 3. The molecule has 1 aliphatic carbocycles. The predicted octanol–water partition coefficient (Wildman–Crippen LogP) is 2.78. The Bertz CT molecular complexity index is 584. The Morgan fingerprint density at radius 2 is 1.96 bits per heavy atom. The molecule has 1 aliphatic rings. The number of aliphatic imine (C=N–C) groups is 1. The molecule has 1 aromatic heterocycles. The Morgan fingerprint density at radius 3 is 2.46 bits per heavy atom. The fourth-order valence-corrected chi connectivity index (χ4v) is 3.81. The minimum Gasteiger partial charge on any atom is -0.378 e. The molecule has 0 saturated heterocycles. The first kappa shape index (κ1) is 23.1. The number of hydrogen-bond donors (Lipinski definition) is 2. The van der Waals surface area contributed by atoms with Crippen LogP contribution in [0.3, 0.4) is 0 Å². The molecule has 0 spiro atoms. The van der Waals surface area contributed by atoms with E-state index in [1.165, 1.54) is 0 Å². The predicted molar refractivity (Wildman–Crippen MR) is 116 cm³/mol. The van der Waals surface area contributed by atoms with Gasteiger partial charge in [0.1, 0.15) is 12.4 Å². The van der Waals surface area contributed by atoms with Crippen molar-refractivity contribution in [1.29, 1.82) is 0 Å². The zero-order valence-corrected chi connectivity index (χ0v) is 19.3. The number of nitrogens with zero attached hydrogens (tertiary/aromatic N) is 4. The third kappa shape index (κ3) is 4.68. The molecule has 1 saturated carbocycles. The summed E-state index contributed by atoms with van der Waals surface area (Å²) in [4.78, 5) is 4.72. The van der Waals surface area contributed by atoms with E-state index in [2.05, 4.69) is 48.5 Å². The van der Waals surface area contributed by atoms with E-state index < -0.39 is 0 Å². The van der Waals surface area contributed by atoms with Crippen molar-refractivity contribution < 1.29 is 4.74 Å². The maximum absolute atomic E-state index is 5.97. The lowest BCUT2D eigenvalue weighted by molar-refractivity contribution is -0.133. The molecule has 2 unspecified atom stereocenters. The fraction of sp³-hybridized carbons (Fsp3) is 0.833. The summed E-state index contributed by atoms with van der Waals surface area (Å²) in [6, 6.07) is 0.387. The molecule has 26 heavy (non-hydrogen) atoms.